The lowest BCUT2D eigenvalue weighted by molar-refractivity contribution is -0.128. The molecule has 0 atom stereocenters. The first-order valence-corrected chi connectivity index (χ1v) is 13.5. The summed E-state index contributed by atoms with van der Waals surface area (Å²) in [5, 5.41) is 7.64. The summed E-state index contributed by atoms with van der Waals surface area (Å²) >= 11 is 1.65. The van der Waals surface area contributed by atoms with Crippen LogP contribution in [0.4, 0.5) is 4.79 Å². The van der Waals surface area contributed by atoms with Crippen molar-refractivity contribution in [2.45, 2.75) is 63.3 Å². The number of hydrogen-bond donors (Lipinski definition) is 1. The van der Waals surface area contributed by atoms with Gasteiger partial charge < -0.3 is 15.1 Å². The van der Waals surface area contributed by atoms with Crippen molar-refractivity contribution in [3.8, 4) is 0 Å². The van der Waals surface area contributed by atoms with Crippen LogP contribution in [0.25, 0.3) is 6.08 Å². The van der Waals surface area contributed by atoms with Gasteiger partial charge in [0.2, 0.25) is 5.91 Å². The summed E-state index contributed by atoms with van der Waals surface area (Å²) in [4.78, 5) is 29.9. The van der Waals surface area contributed by atoms with Crippen LogP contribution in [-0.4, -0.2) is 53.5 Å². The van der Waals surface area contributed by atoms with Gasteiger partial charge in [0.05, 0.1) is 0 Å². The zero-order valence-electron chi connectivity index (χ0n) is 18.9. The summed E-state index contributed by atoms with van der Waals surface area (Å²) in [5.41, 5.74) is 1.38. The molecule has 0 unspecified atom stereocenters. The van der Waals surface area contributed by atoms with E-state index in [0.29, 0.717) is 0 Å². The zero-order chi connectivity index (χ0) is 21.8. The van der Waals surface area contributed by atoms with Gasteiger partial charge in [-0.25, -0.2) is 4.79 Å². The average Bonchev–Trinajstić information content (AvgIpc) is 3.42. The van der Waals surface area contributed by atoms with Crippen molar-refractivity contribution in [1.82, 2.24) is 15.1 Å². The van der Waals surface area contributed by atoms with Crippen LogP contribution in [0, 0.1) is 23.2 Å². The van der Waals surface area contributed by atoms with Crippen LogP contribution in [0.3, 0.4) is 0 Å². The molecule has 172 valence electrons. The predicted molar refractivity (Wildman–Crippen MR) is 127 cm³/mol. The molecular formula is C26H35N3O2S. The number of urea groups is 1. The van der Waals surface area contributed by atoms with Crippen LogP contribution in [-0.2, 0) is 4.79 Å². The molecule has 0 aromatic carbocycles. The molecule has 5 nitrogen and oxygen atoms in total. The van der Waals surface area contributed by atoms with Gasteiger partial charge in [0.15, 0.2) is 0 Å². The fraction of sp³-hybridized carbons (Fsp3) is 0.692. The number of nitrogens with zero attached hydrogens (tertiary/aromatic N) is 2. The molecule has 7 rings (SSSR count). The maximum Gasteiger partial charge on any atom is 0.317 e. The molecule has 4 aliphatic carbocycles. The minimum absolute atomic E-state index is 0.0894. The van der Waals surface area contributed by atoms with Gasteiger partial charge in [-0.1, -0.05) is 0 Å². The molecule has 32 heavy (non-hydrogen) atoms. The lowest BCUT2D eigenvalue weighted by Crippen LogP contribution is -2.61. The van der Waals surface area contributed by atoms with Crippen LogP contribution in [0.1, 0.15) is 63.4 Å². The van der Waals surface area contributed by atoms with E-state index in [0.717, 1.165) is 68.8 Å². The van der Waals surface area contributed by atoms with Crippen LogP contribution < -0.4 is 5.32 Å². The maximum atomic E-state index is 13.3. The fourth-order valence-electron chi connectivity index (χ4n) is 7.93. The Morgan fingerprint density at radius 2 is 1.59 bits per heavy atom. The Hall–Kier alpha value is -1.82. The van der Waals surface area contributed by atoms with E-state index in [1.165, 1.54) is 38.5 Å². The van der Waals surface area contributed by atoms with Gasteiger partial charge in [-0.05, 0) is 109 Å². The van der Waals surface area contributed by atoms with E-state index >= 15 is 0 Å². The van der Waals surface area contributed by atoms with Crippen LogP contribution in [0.2, 0.25) is 0 Å². The molecule has 0 radical (unpaired) electrons. The number of carbonyl (C=O) groups excluding carboxylic acids is 2. The highest BCUT2D eigenvalue weighted by molar-refractivity contribution is 7.08. The van der Waals surface area contributed by atoms with Crippen molar-refractivity contribution < 1.29 is 9.59 Å². The summed E-state index contributed by atoms with van der Waals surface area (Å²) in [6.07, 6.45) is 14.5. The number of rotatable bonds is 3. The van der Waals surface area contributed by atoms with E-state index in [9.17, 15) is 9.59 Å². The quantitative estimate of drug-likeness (QED) is 0.671. The number of piperidine rings is 1. The second-order valence-electron chi connectivity index (χ2n) is 11.5. The lowest BCUT2D eigenvalue weighted by Gasteiger charge is -2.57. The van der Waals surface area contributed by atoms with Gasteiger partial charge in [0.25, 0.3) is 0 Å². The first-order chi connectivity index (χ1) is 15.5. The molecule has 1 aromatic heterocycles. The first-order valence-electron chi connectivity index (χ1n) is 12.6. The average molecular weight is 454 g/mol. The third-order valence-corrected chi connectivity index (χ3v) is 9.93. The van der Waals surface area contributed by atoms with Crippen molar-refractivity contribution in [3.63, 3.8) is 0 Å². The van der Waals surface area contributed by atoms with Gasteiger partial charge >= 0.3 is 6.03 Å². The van der Waals surface area contributed by atoms with Crippen molar-refractivity contribution in [3.05, 3.63) is 28.5 Å². The summed E-state index contributed by atoms with van der Waals surface area (Å²) in [5.74, 6) is 2.66. The topological polar surface area (TPSA) is 52.7 Å². The Morgan fingerprint density at radius 1 is 0.969 bits per heavy atom. The maximum absolute atomic E-state index is 13.3. The molecule has 1 N–H and O–H groups in total. The standard InChI is InChI=1S/C26H35N3O2S/c30-23(2-1-19-3-10-32-17-19)28-7-4-25(5-8-28)6-9-29(18-25)24(31)27-26-14-20-11-21(15-26)13-22(12-20)16-26/h1-3,10,17,20-22H,4-9,11-16,18H2,(H,27,31). The van der Waals surface area contributed by atoms with Crippen LogP contribution in [0.5, 0.6) is 0 Å². The minimum Gasteiger partial charge on any atom is -0.339 e. The Morgan fingerprint density at radius 3 is 2.19 bits per heavy atom. The van der Waals surface area contributed by atoms with Crippen molar-refractivity contribution in [1.29, 1.82) is 0 Å². The molecule has 6 aliphatic rings. The molecule has 6 fully saturated rings. The number of amides is 3. The number of likely N-dealkylation sites (tertiary alicyclic amines) is 2. The minimum atomic E-state index is 0.0894. The van der Waals surface area contributed by atoms with E-state index in [1.807, 2.05) is 22.4 Å². The summed E-state index contributed by atoms with van der Waals surface area (Å²) in [6, 6.07) is 2.21. The highest BCUT2D eigenvalue weighted by atomic mass is 32.1. The summed E-state index contributed by atoms with van der Waals surface area (Å²) in [7, 11) is 0. The molecule has 6 heteroatoms. The molecule has 3 heterocycles. The Balaban J connectivity index is 1.02. The second-order valence-corrected chi connectivity index (χ2v) is 12.3. The number of thiophene rings is 1. The zero-order valence-corrected chi connectivity index (χ0v) is 19.7. The fourth-order valence-corrected chi connectivity index (χ4v) is 8.56. The van der Waals surface area contributed by atoms with E-state index in [-0.39, 0.29) is 22.9 Å². The number of carbonyl (C=O) groups is 2. The van der Waals surface area contributed by atoms with E-state index in [1.54, 1.807) is 17.4 Å². The van der Waals surface area contributed by atoms with E-state index in [4.69, 9.17) is 0 Å². The third kappa shape index (κ3) is 3.89. The van der Waals surface area contributed by atoms with Crippen LogP contribution >= 0.6 is 11.3 Å². The highest BCUT2D eigenvalue weighted by Crippen LogP contribution is 2.55. The second kappa shape index (κ2) is 7.89. The molecule has 1 aromatic rings. The molecule has 2 aliphatic heterocycles. The number of nitrogens with one attached hydrogen (secondary N) is 1. The predicted octanol–water partition coefficient (Wildman–Crippen LogP) is 4.75. The lowest BCUT2D eigenvalue weighted by atomic mass is 9.53. The van der Waals surface area contributed by atoms with Gasteiger partial charge in [0.1, 0.15) is 0 Å². The van der Waals surface area contributed by atoms with Crippen molar-refractivity contribution in [2.75, 3.05) is 26.2 Å². The molecule has 3 amide bonds. The van der Waals surface area contributed by atoms with Gasteiger partial charge in [-0.2, -0.15) is 11.3 Å². The normalized spacial score (nSPS) is 35.2. The number of hydrogen-bond acceptors (Lipinski definition) is 3. The van der Waals surface area contributed by atoms with Gasteiger partial charge in [0, 0.05) is 37.8 Å². The Kier molecular flexibility index (Phi) is 5.12. The van der Waals surface area contributed by atoms with Gasteiger partial charge in [-0.3, -0.25) is 4.79 Å². The Bertz CT molecular complexity index is 865. The van der Waals surface area contributed by atoms with Crippen molar-refractivity contribution >= 4 is 29.4 Å². The Labute approximate surface area is 195 Å². The summed E-state index contributed by atoms with van der Waals surface area (Å²) < 4.78 is 0. The first kappa shape index (κ1) is 20.8. The largest absolute Gasteiger partial charge is 0.339 e. The highest BCUT2D eigenvalue weighted by Gasteiger charge is 2.52. The molecule has 4 saturated carbocycles. The SMILES string of the molecule is O=C(C=Cc1ccsc1)N1CCC2(CC1)CCN(C(=O)NC13CC4CC(CC(C4)C1)C3)C2. The molecule has 2 saturated heterocycles. The third-order valence-electron chi connectivity index (χ3n) is 9.23. The molecule has 4 bridgehead atoms. The van der Waals surface area contributed by atoms with E-state index < -0.39 is 0 Å². The van der Waals surface area contributed by atoms with Crippen molar-refractivity contribution in [2.24, 2.45) is 23.2 Å². The molecule has 1 spiro atoms. The smallest absolute Gasteiger partial charge is 0.317 e. The summed E-state index contributed by atoms with van der Waals surface area (Å²) in [6.45, 7) is 3.33. The van der Waals surface area contributed by atoms with Crippen LogP contribution in [0.15, 0.2) is 22.9 Å². The molecular weight excluding hydrogens is 418 g/mol. The monoisotopic (exact) mass is 453 g/mol. The van der Waals surface area contributed by atoms with Gasteiger partial charge in [-0.15, -0.1) is 0 Å². The van der Waals surface area contributed by atoms with E-state index in [2.05, 4.69) is 15.6 Å².